The number of aryl methyl sites for hydroxylation is 1. The summed E-state index contributed by atoms with van der Waals surface area (Å²) in [6.45, 7) is 1.99. The maximum atomic E-state index is 12.5. The average Bonchev–Trinajstić information content (AvgIpc) is 3.19. The molecule has 1 fully saturated rings. The monoisotopic (exact) mass is 484 g/mol. The van der Waals surface area contributed by atoms with Gasteiger partial charge in [-0.2, -0.15) is 0 Å². The van der Waals surface area contributed by atoms with Gasteiger partial charge in [0, 0.05) is 21.8 Å². The predicted octanol–water partition coefficient (Wildman–Crippen LogP) is 6.25. The fourth-order valence-electron chi connectivity index (χ4n) is 3.87. The van der Waals surface area contributed by atoms with Crippen LogP contribution in [0.4, 0.5) is 5.69 Å². The molecule has 5 nitrogen and oxygen atoms in total. The fourth-order valence-corrected chi connectivity index (χ4v) is 4.94. The van der Waals surface area contributed by atoms with E-state index in [1.165, 1.54) is 31.0 Å². The van der Waals surface area contributed by atoms with Crippen molar-refractivity contribution in [1.82, 2.24) is 14.8 Å². The molecule has 0 atom stereocenters. The summed E-state index contributed by atoms with van der Waals surface area (Å²) in [6.07, 6.45) is 5.99. The normalized spacial score (nSPS) is 14.6. The SMILES string of the molecule is Cc1ccccc1NC(=O)CSc1nnc(-c2ccc(Br)cc2)n1C1CCCCC1. The van der Waals surface area contributed by atoms with E-state index in [0.29, 0.717) is 11.8 Å². The number of amides is 1. The molecule has 4 rings (SSSR count). The van der Waals surface area contributed by atoms with Crippen LogP contribution in [0.1, 0.15) is 43.7 Å². The molecule has 1 aromatic heterocycles. The number of nitrogens with one attached hydrogen (secondary N) is 1. The van der Waals surface area contributed by atoms with E-state index >= 15 is 0 Å². The first-order valence-electron chi connectivity index (χ1n) is 10.3. The number of anilines is 1. The molecule has 1 aliphatic rings. The molecule has 0 spiro atoms. The molecule has 1 saturated carbocycles. The lowest BCUT2D eigenvalue weighted by molar-refractivity contribution is -0.113. The first-order chi connectivity index (χ1) is 14.6. The first-order valence-corrected chi connectivity index (χ1v) is 12.1. The molecule has 0 aliphatic heterocycles. The molecule has 30 heavy (non-hydrogen) atoms. The number of carbonyl (C=O) groups is 1. The van der Waals surface area contributed by atoms with Gasteiger partial charge in [0.1, 0.15) is 0 Å². The lowest BCUT2D eigenvalue weighted by atomic mass is 9.95. The quantitative estimate of drug-likeness (QED) is 0.419. The summed E-state index contributed by atoms with van der Waals surface area (Å²) in [4.78, 5) is 12.5. The van der Waals surface area contributed by atoms with Crippen LogP contribution in [0.5, 0.6) is 0 Å². The van der Waals surface area contributed by atoms with Gasteiger partial charge in [-0.25, -0.2) is 0 Å². The summed E-state index contributed by atoms with van der Waals surface area (Å²) in [5, 5.41) is 12.8. The van der Waals surface area contributed by atoms with Crippen LogP contribution < -0.4 is 5.32 Å². The van der Waals surface area contributed by atoms with Gasteiger partial charge in [0.25, 0.3) is 0 Å². The molecule has 0 unspecified atom stereocenters. The van der Waals surface area contributed by atoms with Gasteiger partial charge in [-0.1, -0.05) is 77.3 Å². The molecule has 1 heterocycles. The number of thioether (sulfide) groups is 1. The maximum Gasteiger partial charge on any atom is 0.234 e. The number of halogens is 1. The smallest absolute Gasteiger partial charge is 0.234 e. The Morgan fingerprint density at radius 2 is 1.83 bits per heavy atom. The number of para-hydroxylation sites is 1. The minimum absolute atomic E-state index is 0.0299. The minimum atomic E-state index is -0.0299. The van der Waals surface area contributed by atoms with Gasteiger partial charge in [0.05, 0.1) is 5.75 Å². The van der Waals surface area contributed by atoms with E-state index in [1.807, 2.05) is 43.3 Å². The van der Waals surface area contributed by atoms with Crippen molar-refractivity contribution in [2.45, 2.75) is 50.2 Å². The molecule has 2 aromatic carbocycles. The van der Waals surface area contributed by atoms with E-state index in [4.69, 9.17) is 0 Å². The number of rotatable bonds is 6. The molecule has 1 N–H and O–H groups in total. The molecular formula is C23H25BrN4OS. The number of hydrogen-bond donors (Lipinski definition) is 1. The van der Waals surface area contributed by atoms with Crippen LogP contribution in [0.25, 0.3) is 11.4 Å². The third kappa shape index (κ3) is 4.95. The second-order valence-corrected chi connectivity index (χ2v) is 9.48. The van der Waals surface area contributed by atoms with Crippen LogP contribution in [0.2, 0.25) is 0 Å². The number of nitrogens with zero attached hydrogens (tertiary/aromatic N) is 3. The third-order valence-corrected chi connectivity index (χ3v) is 6.93. The largest absolute Gasteiger partial charge is 0.325 e. The van der Waals surface area contributed by atoms with Crippen molar-refractivity contribution >= 4 is 39.3 Å². The number of aromatic nitrogens is 3. The molecule has 1 aliphatic carbocycles. The summed E-state index contributed by atoms with van der Waals surface area (Å²) in [6, 6.07) is 16.4. The lowest BCUT2D eigenvalue weighted by Crippen LogP contribution is -2.17. The standard InChI is InChI=1S/C23H25BrN4OS/c1-16-7-5-6-10-20(16)25-21(29)15-30-23-27-26-22(17-11-13-18(24)14-12-17)28(23)19-8-3-2-4-9-19/h5-7,10-14,19H,2-4,8-9,15H2,1H3,(H,25,29). The van der Waals surface area contributed by atoms with E-state index in [-0.39, 0.29) is 5.91 Å². The van der Waals surface area contributed by atoms with Crippen LogP contribution in [0.15, 0.2) is 58.2 Å². The summed E-state index contributed by atoms with van der Waals surface area (Å²) >= 11 is 4.96. The van der Waals surface area contributed by atoms with E-state index in [1.54, 1.807) is 0 Å². The molecule has 156 valence electrons. The summed E-state index contributed by atoms with van der Waals surface area (Å²) in [7, 11) is 0. The zero-order valence-corrected chi connectivity index (χ0v) is 19.4. The topological polar surface area (TPSA) is 59.8 Å². The van der Waals surface area contributed by atoms with Crippen LogP contribution >= 0.6 is 27.7 Å². The molecular weight excluding hydrogens is 460 g/mol. The van der Waals surface area contributed by atoms with Gasteiger partial charge in [0.15, 0.2) is 11.0 Å². The van der Waals surface area contributed by atoms with Crippen LogP contribution in [0.3, 0.4) is 0 Å². The predicted molar refractivity (Wildman–Crippen MR) is 126 cm³/mol. The Hall–Kier alpha value is -2.12. The van der Waals surface area contributed by atoms with Crippen LogP contribution in [-0.4, -0.2) is 26.4 Å². The van der Waals surface area contributed by atoms with Crippen molar-refractivity contribution in [2.75, 3.05) is 11.1 Å². The zero-order valence-electron chi connectivity index (χ0n) is 17.0. The van der Waals surface area contributed by atoms with Gasteiger partial charge in [-0.05, 0) is 43.5 Å². The maximum absolute atomic E-state index is 12.5. The molecule has 0 bridgehead atoms. The van der Waals surface area contributed by atoms with Crippen molar-refractivity contribution in [2.24, 2.45) is 0 Å². The van der Waals surface area contributed by atoms with E-state index in [0.717, 1.165) is 45.1 Å². The van der Waals surface area contributed by atoms with Crippen molar-refractivity contribution in [3.8, 4) is 11.4 Å². The Bertz CT molecular complexity index is 1010. The Kier molecular flexibility index (Phi) is 6.89. The van der Waals surface area contributed by atoms with Crippen LogP contribution in [-0.2, 0) is 4.79 Å². The van der Waals surface area contributed by atoms with Crippen molar-refractivity contribution in [1.29, 1.82) is 0 Å². The molecule has 0 saturated heterocycles. The molecule has 3 aromatic rings. The second-order valence-electron chi connectivity index (χ2n) is 7.63. The summed E-state index contributed by atoms with van der Waals surface area (Å²) < 4.78 is 3.30. The zero-order chi connectivity index (χ0) is 20.9. The van der Waals surface area contributed by atoms with Crippen molar-refractivity contribution in [3.63, 3.8) is 0 Å². The number of carbonyl (C=O) groups excluding carboxylic acids is 1. The van der Waals surface area contributed by atoms with Gasteiger partial charge in [0.2, 0.25) is 5.91 Å². The fraction of sp³-hybridized carbons (Fsp3) is 0.348. The highest BCUT2D eigenvalue weighted by atomic mass is 79.9. The van der Waals surface area contributed by atoms with Crippen molar-refractivity contribution in [3.05, 3.63) is 58.6 Å². The van der Waals surface area contributed by atoms with Crippen molar-refractivity contribution < 1.29 is 4.79 Å². The Balaban J connectivity index is 1.54. The summed E-state index contributed by atoms with van der Waals surface area (Å²) in [5.41, 5.74) is 2.96. The van der Waals surface area contributed by atoms with Gasteiger partial charge >= 0.3 is 0 Å². The van der Waals surface area contributed by atoms with E-state index in [2.05, 4.69) is 48.1 Å². The average molecular weight is 485 g/mol. The Morgan fingerprint density at radius 3 is 2.57 bits per heavy atom. The number of benzene rings is 2. The van der Waals surface area contributed by atoms with E-state index < -0.39 is 0 Å². The minimum Gasteiger partial charge on any atom is -0.325 e. The number of hydrogen-bond acceptors (Lipinski definition) is 4. The third-order valence-electron chi connectivity index (χ3n) is 5.46. The molecule has 0 radical (unpaired) electrons. The van der Waals surface area contributed by atoms with Gasteiger partial charge in [-0.3, -0.25) is 9.36 Å². The Morgan fingerprint density at radius 1 is 1.10 bits per heavy atom. The Labute approximate surface area is 189 Å². The molecule has 7 heteroatoms. The summed E-state index contributed by atoms with van der Waals surface area (Å²) in [5.74, 6) is 1.16. The van der Waals surface area contributed by atoms with Gasteiger partial charge < -0.3 is 5.32 Å². The second kappa shape index (κ2) is 9.79. The highest BCUT2D eigenvalue weighted by Gasteiger charge is 2.24. The van der Waals surface area contributed by atoms with E-state index in [9.17, 15) is 4.79 Å². The highest BCUT2D eigenvalue weighted by molar-refractivity contribution is 9.10. The lowest BCUT2D eigenvalue weighted by Gasteiger charge is -2.25. The van der Waals surface area contributed by atoms with Crippen LogP contribution in [0, 0.1) is 6.92 Å². The highest BCUT2D eigenvalue weighted by Crippen LogP contribution is 2.35. The first kappa shape index (κ1) is 21.1. The van der Waals surface area contributed by atoms with Gasteiger partial charge in [-0.15, -0.1) is 10.2 Å². The molecule has 1 amide bonds.